The summed E-state index contributed by atoms with van der Waals surface area (Å²) < 4.78 is 1.89. The first-order chi connectivity index (χ1) is 6.86. The molecule has 2 aromatic heterocycles. The first-order valence-electron chi connectivity index (χ1n) is 4.37. The summed E-state index contributed by atoms with van der Waals surface area (Å²) in [4.78, 5) is 0. The van der Waals surface area contributed by atoms with Crippen LogP contribution in [0.5, 0.6) is 0 Å². The highest BCUT2D eigenvalue weighted by molar-refractivity contribution is 6.35. The molecule has 0 saturated heterocycles. The minimum Gasteiger partial charge on any atom is -0.233 e. The highest BCUT2D eigenvalue weighted by Crippen LogP contribution is 2.23. The van der Waals surface area contributed by atoms with E-state index < -0.39 is 0 Å². The Balaban J connectivity index is 2.64. The minimum absolute atomic E-state index is 0.764. The number of hydrogen-bond acceptors (Lipinski definition) is 1. The molecule has 0 spiro atoms. The molecule has 68 valence electrons. The fourth-order valence-electron chi connectivity index (χ4n) is 1.69. The summed E-state index contributed by atoms with van der Waals surface area (Å²) in [7, 11) is 0. The third kappa shape index (κ3) is 0.946. The van der Waals surface area contributed by atoms with Gasteiger partial charge in [-0.15, -0.1) is 0 Å². The lowest BCUT2D eigenvalue weighted by Crippen LogP contribution is -1.89. The van der Waals surface area contributed by atoms with Gasteiger partial charge in [-0.3, -0.25) is 0 Å². The molecule has 0 radical (unpaired) electrons. The fourth-order valence-corrected chi connectivity index (χ4v) is 1.92. The van der Waals surface area contributed by atoms with E-state index in [-0.39, 0.29) is 0 Å². The Bertz CT molecular complexity index is 613. The molecule has 14 heavy (non-hydrogen) atoms. The molecule has 3 aromatic rings. The second-order valence-electron chi connectivity index (χ2n) is 3.17. The maximum Gasteiger partial charge on any atom is 0.0739 e. The van der Waals surface area contributed by atoms with E-state index in [1.54, 1.807) is 6.20 Å². The Hall–Kier alpha value is -1.54. The van der Waals surface area contributed by atoms with Gasteiger partial charge in [0, 0.05) is 10.4 Å². The van der Waals surface area contributed by atoms with Crippen LogP contribution in [0.25, 0.3) is 16.4 Å². The van der Waals surface area contributed by atoms with Crippen molar-refractivity contribution in [2.24, 2.45) is 0 Å². The van der Waals surface area contributed by atoms with Gasteiger partial charge in [0.1, 0.15) is 0 Å². The van der Waals surface area contributed by atoms with Crippen LogP contribution in [0.4, 0.5) is 0 Å². The maximum absolute atomic E-state index is 6.08. The Morgan fingerprint density at radius 3 is 2.93 bits per heavy atom. The molecule has 0 saturated carbocycles. The van der Waals surface area contributed by atoms with Crippen LogP contribution in [0.15, 0.2) is 42.6 Å². The summed E-state index contributed by atoms with van der Waals surface area (Å²) in [5.74, 6) is 0. The number of halogens is 1. The van der Waals surface area contributed by atoms with Gasteiger partial charge in [0.25, 0.3) is 0 Å². The third-order valence-electron chi connectivity index (χ3n) is 2.35. The van der Waals surface area contributed by atoms with E-state index in [1.807, 2.05) is 40.9 Å². The first-order valence-corrected chi connectivity index (χ1v) is 4.75. The normalized spacial score (nSPS) is 11.2. The van der Waals surface area contributed by atoms with Gasteiger partial charge in [-0.05, 0) is 30.3 Å². The molecule has 0 fully saturated rings. The average molecular weight is 203 g/mol. The van der Waals surface area contributed by atoms with Crippen molar-refractivity contribution in [3.8, 4) is 0 Å². The van der Waals surface area contributed by atoms with Crippen molar-refractivity contribution in [3.63, 3.8) is 0 Å². The largest absolute Gasteiger partial charge is 0.233 e. The van der Waals surface area contributed by atoms with Gasteiger partial charge in [-0.1, -0.05) is 17.7 Å². The van der Waals surface area contributed by atoms with Crippen molar-refractivity contribution in [2.45, 2.75) is 0 Å². The Morgan fingerprint density at radius 2 is 2.00 bits per heavy atom. The molecule has 0 aliphatic carbocycles. The number of benzene rings is 1. The van der Waals surface area contributed by atoms with Gasteiger partial charge in [-0.2, -0.15) is 5.10 Å². The monoisotopic (exact) mass is 202 g/mol. The predicted octanol–water partition coefficient (Wildman–Crippen LogP) is 3.14. The maximum atomic E-state index is 6.08. The molecule has 0 amide bonds. The minimum atomic E-state index is 0.764. The molecule has 2 heterocycles. The molecule has 1 aromatic carbocycles. The summed E-state index contributed by atoms with van der Waals surface area (Å²) in [6, 6.07) is 11.8. The van der Waals surface area contributed by atoms with Crippen molar-refractivity contribution < 1.29 is 0 Å². The number of pyridine rings is 1. The third-order valence-corrected chi connectivity index (χ3v) is 2.68. The molecule has 0 N–H and O–H groups in total. The zero-order chi connectivity index (χ0) is 9.54. The summed E-state index contributed by atoms with van der Waals surface area (Å²) >= 11 is 6.08. The standard InChI is InChI=1S/C11H7ClN2/c12-10-2-1-3-11-9(10)5-4-8-6-7-13-14(8)11/h1-7H. The summed E-state index contributed by atoms with van der Waals surface area (Å²) in [6.45, 7) is 0. The fraction of sp³-hybridized carbons (Fsp3) is 0. The highest BCUT2D eigenvalue weighted by Gasteiger charge is 2.02. The van der Waals surface area contributed by atoms with Crippen LogP contribution in [0.2, 0.25) is 5.02 Å². The quantitative estimate of drug-likeness (QED) is 0.548. The zero-order valence-corrected chi connectivity index (χ0v) is 8.07. The lowest BCUT2D eigenvalue weighted by molar-refractivity contribution is 1.00. The van der Waals surface area contributed by atoms with Crippen LogP contribution in [-0.2, 0) is 0 Å². The molecule has 0 aliphatic rings. The lowest BCUT2D eigenvalue weighted by atomic mass is 10.2. The van der Waals surface area contributed by atoms with Gasteiger partial charge in [-0.25, -0.2) is 4.52 Å². The van der Waals surface area contributed by atoms with E-state index >= 15 is 0 Å². The predicted molar refractivity (Wildman–Crippen MR) is 57.7 cm³/mol. The highest BCUT2D eigenvalue weighted by atomic mass is 35.5. The SMILES string of the molecule is Clc1cccc2c1ccc1ccnn12. The molecule has 0 aliphatic heterocycles. The summed E-state index contributed by atoms with van der Waals surface area (Å²) in [5.41, 5.74) is 2.12. The van der Waals surface area contributed by atoms with Crippen LogP contribution in [0.3, 0.4) is 0 Å². The Labute approximate surface area is 85.7 Å². The Kier molecular flexibility index (Phi) is 1.52. The van der Waals surface area contributed by atoms with Crippen molar-refractivity contribution in [1.29, 1.82) is 0 Å². The number of hydrogen-bond donors (Lipinski definition) is 0. The van der Waals surface area contributed by atoms with Crippen molar-refractivity contribution in [1.82, 2.24) is 9.61 Å². The number of rotatable bonds is 0. The molecule has 0 unspecified atom stereocenters. The van der Waals surface area contributed by atoms with E-state index in [2.05, 4.69) is 5.10 Å². The molecule has 3 rings (SSSR count). The van der Waals surface area contributed by atoms with Crippen molar-refractivity contribution in [3.05, 3.63) is 47.6 Å². The van der Waals surface area contributed by atoms with Crippen LogP contribution in [0.1, 0.15) is 0 Å². The van der Waals surface area contributed by atoms with E-state index in [4.69, 9.17) is 11.6 Å². The molecule has 3 heteroatoms. The van der Waals surface area contributed by atoms with Crippen LogP contribution < -0.4 is 0 Å². The molecular weight excluding hydrogens is 196 g/mol. The number of nitrogens with zero attached hydrogens (tertiary/aromatic N) is 2. The van der Waals surface area contributed by atoms with Gasteiger partial charge in [0.15, 0.2) is 0 Å². The summed E-state index contributed by atoms with van der Waals surface area (Å²) in [5, 5.41) is 6.04. The van der Waals surface area contributed by atoms with Crippen molar-refractivity contribution >= 4 is 28.0 Å². The molecule has 0 bridgehead atoms. The first kappa shape index (κ1) is 7.83. The lowest BCUT2D eigenvalue weighted by Gasteiger charge is -2.02. The smallest absolute Gasteiger partial charge is 0.0739 e. The summed E-state index contributed by atoms with van der Waals surface area (Å²) in [6.07, 6.45) is 1.79. The zero-order valence-electron chi connectivity index (χ0n) is 7.31. The van der Waals surface area contributed by atoms with Crippen LogP contribution in [-0.4, -0.2) is 9.61 Å². The van der Waals surface area contributed by atoms with E-state index in [0.717, 1.165) is 21.4 Å². The van der Waals surface area contributed by atoms with Gasteiger partial charge < -0.3 is 0 Å². The second kappa shape index (κ2) is 2.72. The molecule has 2 nitrogen and oxygen atoms in total. The molecule has 0 atom stereocenters. The van der Waals surface area contributed by atoms with Gasteiger partial charge in [0.2, 0.25) is 0 Å². The van der Waals surface area contributed by atoms with E-state index in [9.17, 15) is 0 Å². The average Bonchev–Trinajstić information content (AvgIpc) is 2.66. The topological polar surface area (TPSA) is 17.3 Å². The Morgan fingerprint density at radius 1 is 1.07 bits per heavy atom. The molecular formula is C11H7ClN2. The van der Waals surface area contributed by atoms with Crippen LogP contribution >= 0.6 is 11.6 Å². The number of fused-ring (bicyclic) bond motifs is 3. The number of aromatic nitrogens is 2. The van der Waals surface area contributed by atoms with Crippen molar-refractivity contribution in [2.75, 3.05) is 0 Å². The van der Waals surface area contributed by atoms with Crippen LogP contribution in [0, 0.1) is 0 Å². The second-order valence-corrected chi connectivity index (χ2v) is 3.58. The van der Waals surface area contributed by atoms with E-state index in [1.165, 1.54) is 0 Å². The van der Waals surface area contributed by atoms with Gasteiger partial charge >= 0.3 is 0 Å². The van der Waals surface area contributed by atoms with Gasteiger partial charge in [0.05, 0.1) is 17.2 Å². The van der Waals surface area contributed by atoms with E-state index in [0.29, 0.717) is 0 Å².